The van der Waals surface area contributed by atoms with Gasteiger partial charge >= 0.3 is 0 Å². The van der Waals surface area contributed by atoms with Gasteiger partial charge in [-0.2, -0.15) is 10.5 Å². The molecule has 0 spiro atoms. The van der Waals surface area contributed by atoms with E-state index in [0.717, 1.165) is 25.2 Å². The Bertz CT molecular complexity index is 494. The summed E-state index contributed by atoms with van der Waals surface area (Å²) in [5.41, 5.74) is 1.76. The number of hydrogen-bond donors (Lipinski definition) is 1. The molecule has 1 saturated heterocycles. The van der Waals surface area contributed by atoms with E-state index in [9.17, 15) is 0 Å². The van der Waals surface area contributed by atoms with Crippen molar-refractivity contribution in [1.82, 2.24) is 5.32 Å². The van der Waals surface area contributed by atoms with E-state index in [1.54, 1.807) is 0 Å². The predicted octanol–water partition coefficient (Wildman–Crippen LogP) is 2.03. The van der Waals surface area contributed by atoms with Crippen molar-refractivity contribution in [3.63, 3.8) is 0 Å². The Morgan fingerprint density at radius 3 is 2.68 bits per heavy atom. The van der Waals surface area contributed by atoms with Crippen molar-refractivity contribution in [1.29, 1.82) is 10.5 Å². The number of nitrogens with one attached hydrogen (secondary N) is 1. The fraction of sp³-hybridized carbons (Fsp3) is 0.467. The Kier molecular flexibility index (Phi) is 4.39. The molecule has 0 bridgehead atoms. The van der Waals surface area contributed by atoms with Crippen molar-refractivity contribution in [3.8, 4) is 12.1 Å². The van der Waals surface area contributed by atoms with Crippen LogP contribution in [0.4, 0.5) is 5.69 Å². The maximum atomic E-state index is 8.98. The summed E-state index contributed by atoms with van der Waals surface area (Å²) in [4.78, 5) is 2.28. The van der Waals surface area contributed by atoms with E-state index in [-0.39, 0.29) is 6.04 Å². The summed E-state index contributed by atoms with van der Waals surface area (Å²) < 4.78 is 0. The van der Waals surface area contributed by atoms with Crippen LogP contribution in [-0.4, -0.2) is 25.2 Å². The van der Waals surface area contributed by atoms with Crippen molar-refractivity contribution in [2.45, 2.75) is 31.8 Å². The molecule has 0 saturated carbocycles. The highest BCUT2D eigenvalue weighted by Gasteiger charge is 2.23. The van der Waals surface area contributed by atoms with Crippen LogP contribution >= 0.6 is 0 Å². The second kappa shape index (κ2) is 6.22. The number of nitrogens with zero attached hydrogens (tertiary/aromatic N) is 3. The fourth-order valence-electron chi connectivity index (χ4n) is 2.42. The van der Waals surface area contributed by atoms with Crippen LogP contribution < -0.4 is 10.2 Å². The van der Waals surface area contributed by atoms with Crippen molar-refractivity contribution in [2.24, 2.45) is 0 Å². The first kappa shape index (κ1) is 13.4. The van der Waals surface area contributed by atoms with Crippen molar-refractivity contribution >= 4 is 5.69 Å². The molecule has 98 valence electrons. The minimum atomic E-state index is 0.197. The first-order valence-electron chi connectivity index (χ1n) is 6.61. The minimum Gasteiger partial charge on any atom is -0.366 e. The van der Waals surface area contributed by atoms with E-state index in [0.29, 0.717) is 18.0 Å². The quantitative estimate of drug-likeness (QED) is 0.877. The lowest BCUT2D eigenvalue weighted by molar-refractivity contribution is 0.538. The van der Waals surface area contributed by atoms with Crippen LogP contribution in [0.5, 0.6) is 0 Å². The summed E-state index contributed by atoms with van der Waals surface area (Å²) >= 11 is 0. The second-order valence-electron chi connectivity index (χ2n) is 4.97. The van der Waals surface area contributed by atoms with E-state index >= 15 is 0 Å². The van der Waals surface area contributed by atoms with Gasteiger partial charge in [0.25, 0.3) is 0 Å². The maximum absolute atomic E-state index is 8.98. The standard InChI is InChI=1S/C15H18N4/c1-12-7-9-19(15(6-8-16)11-18-12)14-4-2-13(10-17)3-5-14/h2-5,12,15,18H,6-7,9,11H2,1H3. The van der Waals surface area contributed by atoms with Crippen molar-refractivity contribution in [2.75, 3.05) is 18.0 Å². The Labute approximate surface area is 114 Å². The van der Waals surface area contributed by atoms with Crippen molar-refractivity contribution < 1.29 is 0 Å². The number of rotatable bonds is 2. The topological polar surface area (TPSA) is 62.9 Å². The molecule has 1 aliphatic heterocycles. The highest BCUT2D eigenvalue weighted by molar-refractivity contribution is 5.51. The van der Waals surface area contributed by atoms with Crippen LogP contribution in [0.15, 0.2) is 24.3 Å². The van der Waals surface area contributed by atoms with Gasteiger partial charge in [-0.05, 0) is 37.6 Å². The lowest BCUT2D eigenvalue weighted by Gasteiger charge is -2.30. The van der Waals surface area contributed by atoms with Gasteiger partial charge in [-0.3, -0.25) is 0 Å². The van der Waals surface area contributed by atoms with Gasteiger partial charge in [0.1, 0.15) is 0 Å². The van der Waals surface area contributed by atoms with Crippen LogP contribution in [0.25, 0.3) is 0 Å². The van der Waals surface area contributed by atoms with E-state index < -0.39 is 0 Å². The summed E-state index contributed by atoms with van der Waals surface area (Å²) in [6, 6.07) is 12.7. The molecule has 0 aromatic heterocycles. The molecule has 1 fully saturated rings. The van der Waals surface area contributed by atoms with Crippen LogP contribution in [-0.2, 0) is 0 Å². The minimum absolute atomic E-state index is 0.197. The lowest BCUT2D eigenvalue weighted by Crippen LogP contribution is -2.40. The van der Waals surface area contributed by atoms with E-state index in [4.69, 9.17) is 10.5 Å². The average Bonchev–Trinajstić information content (AvgIpc) is 2.62. The van der Waals surface area contributed by atoms with Gasteiger partial charge in [-0.25, -0.2) is 0 Å². The molecule has 0 radical (unpaired) electrons. The Balaban J connectivity index is 2.22. The molecule has 1 heterocycles. The summed E-state index contributed by atoms with van der Waals surface area (Å²) in [7, 11) is 0. The maximum Gasteiger partial charge on any atom is 0.0991 e. The summed E-state index contributed by atoms with van der Waals surface area (Å²) in [5.74, 6) is 0. The smallest absolute Gasteiger partial charge is 0.0991 e. The molecule has 2 atom stereocenters. The molecule has 2 unspecified atom stereocenters. The van der Waals surface area contributed by atoms with Crippen LogP contribution in [0.2, 0.25) is 0 Å². The van der Waals surface area contributed by atoms with Gasteiger partial charge in [0, 0.05) is 24.8 Å². The van der Waals surface area contributed by atoms with Gasteiger partial charge < -0.3 is 10.2 Å². The zero-order chi connectivity index (χ0) is 13.7. The second-order valence-corrected chi connectivity index (χ2v) is 4.97. The number of benzene rings is 1. The highest BCUT2D eigenvalue weighted by atomic mass is 15.2. The first-order chi connectivity index (χ1) is 9.24. The lowest BCUT2D eigenvalue weighted by atomic mass is 10.1. The van der Waals surface area contributed by atoms with Crippen molar-refractivity contribution in [3.05, 3.63) is 29.8 Å². The monoisotopic (exact) mass is 254 g/mol. The third kappa shape index (κ3) is 3.24. The van der Waals surface area contributed by atoms with E-state index in [1.165, 1.54) is 0 Å². The van der Waals surface area contributed by atoms with Gasteiger partial charge in [0.15, 0.2) is 0 Å². The van der Waals surface area contributed by atoms with Gasteiger partial charge in [0.2, 0.25) is 0 Å². The van der Waals surface area contributed by atoms with Gasteiger partial charge in [0.05, 0.1) is 30.2 Å². The molecular formula is C15H18N4. The number of anilines is 1. The van der Waals surface area contributed by atoms with Crippen LogP contribution in [0.3, 0.4) is 0 Å². The zero-order valence-electron chi connectivity index (χ0n) is 11.1. The SMILES string of the molecule is CC1CCN(c2ccc(C#N)cc2)C(CC#N)CN1. The average molecular weight is 254 g/mol. The fourth-order valence-corrected chi connectivity index (χ4v) is 2.42. The molecule has 19 heavy (non-hydrogen) atoms. The Morgan fingerprint density at radius 2 is 2.05 bits per heavy atom. The normalized spacial score (nSPS) is 23.2. The molecule has 4 heteroatoms. The molecule has 1 aromatic rings. The van der Waals surface area contributed by atoms with Gasteiger partial charge in [-0.1, -0.05) is 0 Å². The molecule has 1 N–H and O–H groups in total. The largest absolute Gasteiger partial charge is 0.366 e. The number of nitriles is 2. The third-order valence-corrected chi connectivity index (χ3v) is 3.60. The molecule has 2 rings (SSSR count). The zero-order valence-corrected chi connectivity index (χ0v) is 11.1. The molecule has 0 amide bonds. The van der Waals surface area contributed by atoms with Crippen LogP contribution in [0.1, 0.15) is 25.3 Å². The predicted molar refractivity (Wildman–Crippen MR) is 74.6 cm³/mol. The Hall–Kier alpha value is -2.04. The number of hydrogen-bond acceptors (Lipinski definition) is 4. The molecule has 4 nitrogen and oxygen atoms in total. The van der Waals surface area contributed by atoms with Gasteiger partial charge in [-0.15, -0.1) is 0 Å². The molecule has 1 aliphatic rings. The Morgan fingerprint density at radius 1 is 1.32 bits per heavy atom. The highest BCUT2D eigenvalue weighted by Crippen LogP contribution is 2.21. The summed E-state index contributed by atoms with van der Waals surface area (Å²) in [6.45, 7) is 3.94. The third-order valence-electron chi connectivity index (χ3n) is 3.60. The molecule has 0 aliphatic carbocycles. The van der Waals surface area contributed by atoms with Crippen LogP contribution in [0, 0.1) is 22.7 Å². The first-order valence-corrected chi connectivity index (χ1v) is 6.61. The molecular weight excluding hydrogens is 236 g/mol. The van der Waals surface area contributed by atoms with E-state index in [1.807, 2.05) is 24.3 Å². The van der Waals surface area contributed by atoms with E-state index in [2.05, 4.69) is 29.3 Å². The molecule has 1 aromatic carbocycles. The summed E-state index contributed by atoms with van der Waals surface area (Å²) in [5, 5.41) is 21.3. The summed E-state index contributed by atoms with van der Waals surface area (Å²) in [6.07, 6.45) is 1.57.